The van der Waals surface area contributed by atoms with Gasteiger partial charge in [0.15, 0.2) is 0 Å². The molecule has 0 aliphatic carbocycles. The first kappa shape index (κ1) is 12.8. The van der Waals surface area contributed by atoms with Crippen LogP contribution in [0.25, 0.3) is 0 Å². The number of morpholine rings is 1. The van der Waals surface area contributed by atoms with E-state index in [2.05, 4.69) is 16.6 Å². The SMILES string of the molecule is C=C(CN)Cn1ncc(N2CCOCC2)cc1=O. The van der Waals surface area contributed by atoms with Gasteiger partial charge in [0.2, 0.25) is 0 Å². The summed E-state index contributed by atoms with van der Waals surface area (Å²) in [6.07, 6.45) is 1.70. The highest BCUT2D eigenvalue weighted by Crippen LogP contribution is 2.11. The predicted octanol–water partition coefficient (Wildman–Crippen LogP) is -0.405. The van der Waals surface area contributed by atoms with Crippen molar-refractivity contribution in [2.75, 3.05) is 37.7 Å². The molecule has 1 fully saturated rings. The molecule has 2 heterocycles. The average Bonchev–Trinajstić information content (AvgIpc) is 2.42. The quantitative estimate of drug-likeness (QED) is 0.736. The van der Waals surface area contributed by atoms with Crippen molar-refractivity contribution in [2.24, 2.45) is 5.73 Å². The molecule has 98 valence electrons. The van der Waals surface area contributed by atoms with E-state index >= 15 is 0 Å². The van der Waals surface area contributed by atoms with Crippen molar-refractivity contribution >= 4 is 5.69 Å². The van der Waals surface area contributed by atoms with Crippen LogP contribution in [0.3, 0.4) is 0 Å². The maximum absolute atomic E-state index is 11.9. The predicted molar refractivity (Wildman–Crippen MR) is 69.7 cm³/mol. The second-order valence-electron chi connectivity index (χ2n) is 4.26. The fraction of sp³-hybridized carbons (Fsp3) is 0.500. The van der Waals surface area contributed by atoms with Gasteiger partial charge in [-0.3, -0.25) is 4.79 Å². The van der Waals surface area contributed by atoms with Crippen molar-refractivity contribution in [3.63, 3.8) is 0 Å². The number of hydrogen-bond acceptors (Lipinski definition) is 5. The molecule has 6 heteroatoms. The highest BCUT2D eigenvalue weighted by atomic mass is 16.5. The Kier molecular flexibility index (Phi) is 4.11. The maximum Gasteiger partial charge on any atom is 0.269 e. The summed E-state index contributed by atoms with van der Waals surface area (Å²) >= 11 is 0. The molecule has 0 radical (unpaired) electrons. The molecule has 2 rings (SSSR count). The van der Waals surface area contributed by atoms with E-state index in [0.29, 0.717) is 26.3 Å². The van der Waals surface area contributed by atoms with Crippen molar-refractivity contribution in [1.82, 2.24) is 9.78 Å². The number of ether oxygens (including phenoxy) is 1. The van der Waals surface area contributed by atoms with Gasteiger partial charge in [0.05, 0.1) is 31.6 Å². The van der Waals surface area contributed by atoms with Crippen molar-refractivity contribution in [3.05, 3.63) is 34.8 Å². The molecule has 0 unspecified atom stereocenters. The normalized spacial score (nSPS) is 15.7. The Morgan fingerprint density at radius 2 is 2.22 bits per heavy atom. The van der Waals surface area contributed by atoms with Gasteiger partial charge in [0, 0.05) is 25.7 Å². The lowest BCUT2D eigenvalue weighted by Crippen LogP contribution is -2.37. The lowest BCUT2D eigenvalue weighted by molar-refractivity contribution is 0.122. The molecule has 1 aromatic heterocycles. The summed E-state index contributed by atoms with van der Waals surface area (Å²) < 4.78 is 6.65. The molecule has 1 saturated heterocycles. The molecule has 0 amide bonds. The summed E-state index contributed by atoms with van der Waals surface area (Å²) in [5, 5.41) is 4.15. The third-order valence-electron chi connectivity index (χ3n) is 2.89. The molecule has 2 N–H and O–H groups in total. The summed E-state index contributed by atoms with van der Waals surface area (Å²) in [4.78, 5) is 14.0. The van der Waals surface area contributed by atoms with Crippen molar-refractivity contribution < 1.29 is 4.74 Å². The minimum absolute atomic E-state index is 0.131. The van der Waals surface area contributed by atoms with E-state index in [-0.39, 0.29) is 5.56 Å². The zero-order valence-electron chi connectivity index (χ0n) is 10.3. The second-order valence-corrected chi connectivity index (χ2v) is 4.26. The van der Waals surface area contributed by atoms with Crippen molar-refractivity contribution in [3.8, 4) is 0 Å². The highest BCUT2D eigenvalue weighted by molar-refractivity contribution is 5.43. The molecule has 1 aromatic rings. The molecular weight excluding hydrogens is 232 g/mol. The molecule has 6 nitrogen and oxygen atoms in total. The summed E-state index contributed by atoms with van der Waals surface area (Å²) in [5.41, 5.74) is 6.95. The van der Waals surface area contributed by atoms with Crippen LogP contribution in [0.5, 0.6) is 0 Å². The van der Waals surface area contributed by atoms with Crippen LogP contribution in [0.2, 0.25) is 0 Å². The first-order valence-corrected chi connectivity index (χ1v) is 5.97. The number of nitrogens with zero attached hydrogens (tertiary/aromatic N) is 3. The van der Waals surface area contributed by atoms with E-state index in [0.717, 1.165) is 24.4 Å². The van der Waals surface area contributed by atoms with Crippen LogP contribution in [-0.2, 0) is 11.3 Å². The smallest absolute Gasteiger partial charge is 0.269 e. The lowest BCUT2D eigenvalue weighted by atomic mass is 10.3. The molecule has 1 aliphatic heterocycles. The van der Waals surface area contributed by atoms with Gasteiger partial charge < -0.3 is 15.4 Å². The summed E-state index contributed by atoms with van der Waals surface area (Å²) in [5.74, 6) is 0. The van der Waals surface area contributed by atoms with Gasteiger partial charge in [-0.1, -0.05) is 6.58 Å². The molecule has 0 aromatic carbocycles. The third kappa shape index (κ3) is 2.96. The molecule has 18 heavy (non-hydrogen) atoms. The van der Waals surface area contributed by atoms with Gasteiger partial charge >= 0.3 is 0 Å². The standard InChI is InChI=1S/C12H18N4O2/c1-10(7-13)9-16-12(17)6-11(8-14-16)15-2-4-18-5-3-15/h6,8H,1-5,7,9,13H2. The van der Waals surface area contributed by atoms with Gasteiger partial charge in [-0.2, -0.15) is 5.10 Å². The Bertz CT molecular complexity index is 477. The maximum atomic E-state index is 11.9. The van der Waals surface area contributed by atoms with E-state index in [4.69, 9.17) is 10.5 Å². The second kappa shape index (κ2) is 5.79. The van der Waals surface area contributed by atoms with Crippen LogP contribution in [0.15, 0.2) is 29.2 Å². The van der Waals surface area contributed by atoms with Gasteiger partial charge in [0.25, 0.3) is 5.56 Å². The summed E-state index contributed by atoms with van der Waals surface area (Å²) in [6.45, 7) is 7.46. The fourth-order valence-corrected chi connectivity index (χ4v) is 1.81. The number of aromatic nitrogens is 2. The third-order valence-corrected chi connectivity index (χ3v) is 2.89. The lowest BCUT2D eigenvalue weighted by Gasteiger charge is -2.28. The van der Waals surface area contributed by atoms with E-state index in [1.165, 1.54) is 4.68 Å². The van der Waals surface area contributed by atoms with Gasteiger partial charge in [-0.15, -0.1) is 0 Å². The highest BCUT2D eigenvalue weighted by Gasteiger charge is 2.12. The van der Waals surface area contributed by atoms with E-state index < -0.39 is 0 Å². The van der Waals surface area contributed by atoms with Gasteiger partial charge in [-0.05, 0) is 5.57 Å². The number of anilines is 1. The van der Waals surface area contributed by atoms with E-state index in [1.807, 2.05) is 0 Å². The summed E-state index contributed by atoms with van der Waals surface area (Å²) in [6, 6.07) is 1.60. The minimum Gasteiger partial charge on any atom is -0.378 e. The van der Waals surface area contributed by atoms with Crippen LogP contribution in [-0.4, -0.2) is 42.6 Å². The number of hydrogen-bond donors (Lipinski definition) is 1. The van der Waals surface area contributed by atoms with Crippen molar-refractivity contribution in [1.29, 1.82) is 0 Å². The number of nitrogens with two attached hydrogens (primary N) is 1. The Labute approximate surface area is 106 Å². The van der Waals surface area contributed by atoms with Crippen LogP contribution >= 0.6 is 0 Å². The number of rotatable bonds is 4. The largest absolute Gasteiger partial charge is 0.378 e. The topological polar surface area (TPSA) is 73.4 Å². The van der Waals surface area contributed by atoms with E-state index in [9.17, 15) is 4.79 Å². The van der Waals surface area contributed by atoms with Gasteiger partial charge in [-0.25, -0.2) is 4.68 Å². The minimum atomic E-state index is -0.131. The Morgan fingerprint density at radius 1 is 1.50 bits per heavy atom. The molecule has 0 saturated carbocycles. The zero-order valence-corrected chi connectivity index (χ0v) is 10.3. The Balaban J connectivity index is 2.13. The summed E-state index contributed by atoms with van der Waals surface area (Å²) in [7, 11) is 0. The first-order valence-electron chi connectivity index (χ1n) is 5.97. The molecule has 0 spiro atoms. The average molecular weight is 250 g/mol. The van der Waals surface area contributed by atoms with Crippen LogP contribution in [0.1, 0.15) is 0 Å². The fourth-order valence-electron chi connectivity index (χ4n) is 1.81. The van der Waals surface area contributed by atoms with Gasteiger partial charge in [0.1, 0.15) is 0 Å². The first-order chi connectivity index (χ1) is 8.70. The van der Waals surface area contributed by atoms with Crippen LogP contribution < -0.4 is 16.2 Å². The Morgan fingerprint density at radius 3 is 2.83 bits per heavy atom. The Hall–Kier alpha value is -1.66. The van der Waals surface area contributed by atoms with Crippen molar-refractivity contribution in [2.45, 2.75) is 6.54 Å². The van der Waals surface area contributed by atoms with Crippen LogP contribution in [0.4, 0.5) is 5.69 Å². The molecular formula is C12H18N4O2. The zero-order chi connectivity index (χ0) is 13.0. The van der Waals surface area contributed by atoms with E-state index in [1.54, 1.807) is 12.3 Å². The molecule has 1 aliphatic rings. The van der Waals surface area contributed by atoms with Crippen LogP contribution in [0, 0.1) is 0 Å². The molecule has 0 bridgehead atoms. The monoisotopic (exact) mass is 250 g/mol. The molecule has 0 atom stereocenters.